The third kappa shape index (κ3) is 2.58. The second-order valence-electron chi connectivity index (χ2n) is 6.24. The summed E-state index contributed by atoms with van der Waals surface area (Å²) in [5.74, 6) is 0.436. The Bertz CT molecular complexity index is 568. The highest BCUT2D eigenvalue weighted by Crippen LogP contribution is 2.36. The summed E-state index contributed by atoms with van der Waals surface area (Å²) < 4.78 is 0. The fraction of sp³-hybridized carbons (Fsp3) is 0.368. The third-order valence-corrected chi connectivity index (χ3v) is 4.44. The average molecular weight is 252 g/mol. The molecule has 0 heteroatoms. The molecular formula is C19H24. The molecule has 0 spiro atoms. The molecule has 0 radical (unpaired) electrons. The molecule has 0 bridgehead atoms. The van der Waals surface area contributed by atoms with Gasteiger partial charge >= 0.3 is 0 Å². The minimum Gasteiger partial charge on any atom is -0.0952 e. The van der Waals surface area contributed by atoms with E-state index in [9.17, 15) is 0 Å². The topological polar surface area (TPSA) is 0 Å². The minimum absolute atomic E-state index is 0.0456. The van der Waals surface area contributed by atoms with Crippen LogP contribution in [0.2, 0.25) is 0 Å². The normalized spacial score (nSPS) is 19.5. The summed E-state index contributed by atoms with van der Waals surface area (Å²) in [7, 11) is 0. The van der Waals surface area contributed by atoms with E-state index in [0.29, 0.717) is 5.92 Å². The van der Waals surface area contributed by atoms with Gasteiger partial charge in [0.05, 0.1) is 0 Å². The highest BCUT2D eigenvalue weighted by molar-refractivity contribution is 5.47. The van der Waals surface area contributed by atoms with Crippen LogP contribution in [0, 0.1) is 19.8 Å². The highest BCUT2D eigenvalue weighted by atomic mass is 14.3. The molecule has 1 aromatic carbocycles. The molecule has 0 saturated carbocycles. The lowest BCUT2D eigenvalue weighted by Gasteiger charge is -2.31. The fourth-order valence-electron chi connectivity index (χ4n) is 2.49. The second kappa shape index (κ2) is 4.85. The van der Waals surface area contributed by atoms with Crippen LogP contribution in [0.3, 0.4) is 0 Å². The van der Waals surface area contributed by atoms with E-state index in [1.807, 2.05) is 0 Å². The van der Waals surface area contributed by atoms with Gasteiger partial charge in [-0.1, -0.05) is 63.8 Å². The third-order valence-electron chi connectivity index (χ3n) is 4.44. The first kappa shape index (κ1) is 13.9. The van der Waals surface area contributed by atoms with E-state index >= 15 is 0 Å². The Morgan fingerprint density at radius 3 is 2.32 bits per heavy atom. The van der Waals surface area contributed by atoms with E-state index in [0.717, 1.165) is 0 Å². The van der Waals surface area contributed by atoms with Crippen molar-refractivity contribution in [3.05, 3.63) is 70.8 Å². The first-order chi connectivity index (χ1) is 8.82. The van der Waals surface area contributed by atoms with Gasteiger partial charge in [-0.3, -0.25) is 0 Å². The van der Waals surface area contributed by atoms with Crippen LogP contribution in [0.5, 0.6) is 0 Å². The van der Waals surface area contributed by atoms with Crippen molar-refractivity contribution in [1.82, 2.24) is 0 Å². The van der Waals surface area contributed by atoms with Gasteiger partial charge in [0.15, 0.2) is 0 Å². The molecule has 0 aromatic heterocycles. The molecule has 1 aliphatic rings. The Labute approximate surface area is 117 Å². The highest BCUT2D eigenvalue weighted by Gasteiger charge is 2.26. The Hall–Kier alpha value is -1.56. The van der Waals surface area contributed by atoms with Gasteiger partial charge in [-0.2, -0.15) is 0 Å². The first-order valence-corrected chi connectivity index (χ1v) is 6.99. The molecule has 1 aliphatic carbocycles. The van der Waals surface area contributed by atoms with E-state index in [1.54, 1.807) is 0 Å². The maximum absolute atomic E-state index is 4.08. The van der Waals surface area contributed by atoms with Gasteiger partial charge in [0.2, 0.25) is 0 Å². The van der Waals surface area contributed by atoms with E-state index < -0.39 is 0 Å². The molecule has 1 unspecified atom stereocenters. The van der Waals surface area contributed by atoms with Crippen LogP contribution in [-0.4, -0.2) is 0 Å². The van der Waals surface area contributed by atoms with Crippen LogP contribution < -0.4 is 0 Å². The van der Waals surface area contributed by atoms with Crippen molar-refractivity contribution in [2.45, 2.75) is 40.0 Å². The number of allylic oxidation sites excluding steroid dienone is 5. The van der Waals surface area contributed by atoms with Crippen molar-refractivity contribution < 1.29 is 0 Å². The molecule has 0 aliphatic heterocycles. The van der Waals surface area contributed by atoms with Crippen LogP contribution in [0.15, 0.2) is 54.2 Å². The Morgan fingerprint density at radius 2 is 1.74 bits per heavy atom. The molecule has 19 heavy (non-hydrogen) atoms. The van der Waals surface area contributed by atoms with Gasteiger partial charge in [0.25, 0.3) is 0 Å². The van der Waals surface area contributed by atoms with E-state index in [2.05, 4.69) is 77.6 Å². The lowest BCUT2D eigenvalue weighted by atomic mass is 9.73. The van der Waals surface area contributed by atoms with Crippen molar-refractivity contribution >= 4 is 0 Å². The summed E-state index contributed by atoms with van der Waals surface area (Å²) in [6, 6.07) is 6.80. The zero-order valence-electron chi connectivity index (χ0n) is 12.7. The Morgan fingerprint density at radius 1 is 1.05 bits per heavy atom. The molecule has 1 atom stereocenters. The SMILES string of the molecule is C=C1C=CC(C(C)(C)c2ccc(C)c(C)c2)=CC1C. The summed E-state index contributed by atoms with van der Waals surface area (Å²) in [6.45, 7) is 15.2. The molecule has 0 heterocycles. The van der Waals surface area contributed by atoms with Gasteiger partial charge in [-0.25, -0.2) is 0 Å². The molecule has 0 N–H and O–H groups in total. The predicted molar refractivity (Wildman–Crippen MR) is 84.5 cm³/mol. The molecule has 2 rings (SSSR count). The van der Waals surface area contributed by atoms with Crippen LogP contribution >= 0.6 is 0 Å². The van der Waals surface area contributed by atoms with Crippen LogP contribution in [0.4, 0.5) is 0 Å². The summed E-state index contributed by atoms with van der Waals surface area (Å²) in [5.41, 5.74) is 6.73. The van der Waals surface area contributed by atoms with Crippen LogP contribution in [-0.2, 0) is 5.41 Å². The van der Waals surface area contributed by atoms with Crippen molar-refractivity contribution in [2.75, 3.05) is 0 Å². The number of aryl methyl sites for hydroxylation is 2. The average Bonchev–Trinajstić information content (AvgIpc) is 2.35. The van der Waals surface area contributed by atoms with Crippen molar-refractivity contribution in [1.29, 1.82) is 0 Å². The van der Waals surface area contributed by atoms with Crippen LogP contribution in [0.25, 0.3) is 0 Å². The van der Waals surface area contributed by atoms with Gasteiger partial charge < -0.3 is 0 Å². The second-order valence-corrected chi connectivity index (χ2v) is 6.24. The summed E-state index contributed by atoms with van der Waals surface area (Å²) in [5, 5.41) is 0. The standard InChI is InChI=1S/C19H24/c1-13-7-9-17(11-15(13)3)19(5,6)18-10-8-14(2)16(4)12-18/h7-12,15H,1H2,2-6H3. The smallest absolute Gasteiger partial charge is 0.0143 e. The molecule has 0 amide bonds. The van der Waals surface area contributed by atoms with Gasteiger partial charge in [0.1, 0.15) is 0 Å². The summed E-state index contributed by atoms with van der Waals surface area (Å²) in [4.78, 5) is 0. The number of hydrogen-bond acceptors (Lipinski definition) is 0. The van der Waals surface area contributed by atoms with Crippen molar-refractivity contribution in [2.24, 2.45) is 5.92 Å². The number of hydrogen-bond donors (Lipinski definition) is 0. The molecule has 0 nitrogen and oxygen atoms in total. The molecule has 0 fully saturated rings. The molecule has 100 valence electrons. The lowest BCUT2D eigenvalue weighted by Crippen LogP contribution is -2.21. The minimum atomic E-state index is 0.0456. The maximum Gasteiger partial charge on any atom is 0.0143 e. The van der Waals surface area contributed by atoms with E-state index in [-0.39, 0.29) is 5.41 Å². The molecule has 0 saturated heterocycles. The van der Waals surface area contributed by atoms with Crippen molar-refractivity contribution in [3.63, 3.8) is 0 Å². The molecule has 1 aromatic rings. The van der Waals surface area contributed by atoms with Gasteiger partial charge in [-0.05, 0) is 47.6 Å². The Kier molecular flexibility index (Phi) is 3.54. The van der Waals surface area contributed by atoms with Crippen LogP contribution in [0.1, 0.15) is 37.5 Å². The predicted octanol–water partition coefficient (Wildman–Crippen LogP) is 5.27. The molecular weight excluding hydrogens is 228 g/mol. The summed E-state index contributed by atoms with van der Waals surface area (Å²) in [6.07, 6.45) is 6.72. The lowest BCUT2D eigenvalue weighted by molar-refractivity contribution is 0.625. The zero-order valence-corrected chi connectivity index (χ0v) is 12.7. The maximum atomic E-state index is 4.08. The largest absolute Gasteiger partial charge is 0.0952 e. The monoisotopic (exact) mass is 252 g/mol. The van der Waals surface area contributed by atoms with Gasteiger partial charge in [0, 0.05) is 5.41 Å². The van der Waals surface area contributed by atoms with E-state index in [1.165, 1.54) is 27.8 Å². The van der Waals surface area contributed by atoms with Gasteiger partial charge in [-0.15, -0.1) is 0 Å². The van der Waals surface area contributed by atoms with Crippen molar-refractivity contribution in [3.8, 4) is 0 Å². The zero-order chi connectivity index (χ0) is 14.2. The fourth-order valence-corrected chi connectivity index (χ4v) is 2.49. The quantitative estimate of drug-likeness (QED) is 0.672. The Balaban J connectivity index is 2.42. The number of rotatable bonds is 2. The van der Waals surface area contributed by atoms with E-state index in [4.69, 9.17) is 0 Å². The summed E-state index contributed by atoms with van der Waals surface area (Å²) >= 11 is 0. The first-order valence-electron chi connectivity index (χ1n) is 6.99. The number of benzene rings is 1.